The number of nitrogens with zero attached hydrogens (tertiary/aromatic N) is 1. The standard InChI is InChI=1S/C24H41NO2SSi/c1-18(2)21(27-29(9,10)23(5,6)7)14-13-19(3)12-11-15-24(8,17-26)22-16-28-20(4)25-22/h13,16-17,21H,1,11-12,14-15H2,2-10H3/b19-13-/t21-,24+/m0/s1. The maximum absolute atomic E-state index is 11.7. The van der Waals surface area contributed by atoms with E-state index in [4.69, 9.17) is 4.43 Å². The van der Waals surface area contributed by atoms with E-state index < -0.39 is 13.7 Å². The van der Waals surface area contributed by atoms with Crippen molar-refractivity contribution in [2.45, 2.75) is 104 Å². The van der Waals surface area contributed by atoms with Gasteiger partial charge in [-0.25, -0.2) is 4.98 Å². The molecule has 0 saturated carbocycles. The van der Waals surface area contributed by atoms with Crippen LogP contribution in [0.1, 0.15) is 77.9 Å². The molecule has 0 saturated heterocycles. The highest BCUT2D eigenvalue weighted by Gasteiger charge is 2.39. The van der Waals surface area contributed by atoms with Crippen LogP contribution in [0.3, 0.4) is 0 Å². The first-order chi connectivity index (χ1) is 13.2. The van der Waals surface area contributed by atoms with Crippen LogP contribution in [0.2, 0.25) is 18.1 Å². The number of thiazole rings is 1. The molecule has 0 bridgehead atoms. The fourth-order valence-electron chi connectivity index (χ4n) is 2.90. The molecule has 0 fully saturated rings. The molecule has 0 spiro atoms. The molecule has 1 rings (SSSR count). The number of aromatic nitrogens is 1. The van der Waals surface area contributed by atoms with Gasteiger partial charge in [0.2, 0.25) is 0 Å². The second-order valence-corrected chi connectivity index (χ2v) is 16.0. The summed E-state index contributed by atoms with van der Waals surface area (Å²) in [6, 6.07) is 0. The van der Waals surface area contributed by atoms with Crippen molar-refractivity contribution in [3.63, 3.8) is 0 Å². The van der Waals surface area contributed by atoms with Gasteiger partial charge in [0.15, 0.2) is 8.32 Å². The number of hydrogen-bond donors (Lipinski definition) is 0. The van der Waals surface area contributed by atoms with Crippen LogP contribution in [0, 0.1) is 6.92 Å². The first-order valence-electron chi connectivity index (χ1n) is 10.6. The third kappa shape index (κ3) is 7.61. The number of allylic oxidation sites excluding steroid dienone is 1. The van der Waals surface area contributed by atoms with Gasteiger partial charge in [-0.2, -0.15) is 0 Å². The zero-order valence-corrected chi connectivity index (χ0v) is 21.8. The first kappa shape index (κ1) is 26.0. The van der Waals surface area contributed by atoms with Crippen molar-refractivity contribution in [3.8, 4) is 0 Å². The van der Waals surface area contributed by atoms with Crippen molar-refractivity contribution in [1.82, 2.24) is 4.98 Å². The topological polar surface area (TPSA) is 39.2 Å². The molecule has 0 radical (unpaired) electrons. The van der Waals surface area contributed by atoms with E-state index in [2.05, 4.69) is 65.4 Å². The Hall–Kier alpha value is -1.04. The Balaban J connectivity index is 2.67. The highest BCUT2D eigenvalue weighted by Crippen LogP contribution is 2.38. The van der Waals surface area contributed by atoms with Crippen LogP contribution in [0.5, 0.6) is 0 Å². The van der Waals surface area contributed by atoms with Crippen molar-refractivity contribution in [2.75, 3.05) is 0 Å². The van der Waals surface area contributed by atoms with Gasteiger partial charge in [0.1, 0.15) is 6.29 Å². The first-order valence-corrected chi connectivity index (χ1v) is 14.4. The van der Waals surface area contributed by atoms with Crippen molar-refractivity contribution < 1.29 is 9.22 Å². The highest BCUT2D eigenvalue weighted by atomic mass is 32.1. The van der Waals surface area contributed by atoms with Gasteiger partial charge >= 0.3 is 0 Å². The molecule has 2 atom stereocenters. The number of hydrogen-bond acceptors (Lipinski definition) is 4. The lowest BCUT2D eigenvalue weighted by molar-refractivity contribution is -0.112. The molecule has 0 aromatic carbocycles. The second kappa shape index (κ2) is 10.3. The molecule has 0 aliphatic carbocycles. The Bertz CT molecular complexity index is 729. The lowest BCUT2D eigenvalue weighted by Gasteiger charge is -2.39. The normalized spacial score (nSPS) is 16.4. The fraction of sp³-hybridized carbons (Fsp3) is 0.667. The van der Waals surface area contributed by atoms with Crippen molar-refractivity contribution in [3.05, 3.63) is 39.9 Å². The average Bonchev–Trinajstić information content (AvgIpc) is 3.04. The quantitative estimate of drug-likeness (QED) is 0.207. The maximum Gasteiger partial charge on any atom is 0.192 e. The molecule has 1 heterocycles. The van der Waals surface area contributed by atoms with Gasteiger partial charge in [-0.3, -0.25) is 0 Å². The van der Waals surface area contributed by atoms with Crippen LogP contribution in [-0.4, -0.2) is 25.7 Å². The van der Waals surface area contributed by atoms with Gasteiger partial charge in [0.05, 0.1) is 22.2 Å². The summed E-state index contributed by atoms with van der Waals surface area (Å²) >= 11 is 1.61. The minimum atomic E-state index is -1.83. The highest BCUT2D eigenvalue weighted by molar-refractivity contribution is 7.09. The van der Waals surface area contributed by atoms with Crippen LogP contribution in [-0.2, 0) is 14.6 Å². The summed E-state index contributed by atoms with van der Waals surface area (Å²) in [7, 11) is -1.83. The number of rotatable bonds is 11. The van der Waals surface area contributed by atoms with E-state index in [1.54, 1.807) is 11.3 Å². The second-order valence-electron chi connectivity index (χ2n) is 10.1. The molecule has 29 heavy (non-hydrogen) atoms. The van der Waals surface area contributed by atoms with Crippen molar-refractivity contribution in [2.24, 2.45) is 0 Å². The third-order valence-electron chi connectivity index (χ3n) is 6.20. The summed E-state index contributed by atoms with van der Waals surface area (Å²) in [5.41, 5.74) is 2.85. The number of carbonyl (C=O) groups excluding carboxylic acids is 1. The summed E-state index contributed by atoms with van der Waals surface area (Å²) in [5.74, 6) is 0. The summed E-state index contributed by atoms with van der Waals surface area (Å²) in [5, 5.41) is 3.21. The minimum absolute atomic E-state index is 0.0732. The molecule has 3 nitrogen and oxygen atoms in total. The van der Waals surface area contributed by atoms with E-state index in [9.17, 15) is 4.79 Å². The van der Waals surface area contributed by atoms with Gasteiger partial charge < -0.3 is 9.22 Å². The lowest BCUT2D eigenvalue weighted by Crippen LogP contribution is -2.44. The Morgan fingerprint density at radius 3 is 2.38 bits per heavy atom. The van der Waals surface area contributed by atoms with Crippen LogP contribution < -0.4 is 0 Å². The zero-order valence-electron chi connectivity index (χ0n) is 20.0. The Morgan fingerprint density at radius 2 is 1.93 bits per heavy atom. The number of aldehydes is 1. The molecule has 1 aromatic rings. The van der Waals surface area contributed by atoms with Crippen LogP contribution in [0.4, 0.5) is 0 Å². The Labute approximate surface area is 183 Å². The van der Waals surface area contributed by atoms with Gasteiger partial charge in [0, 0.05) is 5.38 Å². The molecule has 0 amide bonds. The molecule has 0 unspecified atom stereocenters. The fourth-order valence-corrected chi connectivity index (χ4v) is 5.02. The van der Waals surface area contributed by atoms with E-state index >= 15 is 0 Å². The summed E-state index contributed by atoms with van der Waals surface area (Å²) in [6.07, 6.45) is 7.05. The lowest BCUT2D eigenvalue weighted by atomic mass is 9.83. The maximum atomic E-state index is 11.7. The smallest absolute Gasteiger partial charge is 0.192 e. The third-order valence-corrected chi connectivity index (χ3v) is 11.5. The summed E-state index contributed by atoms with van der Waals surface area (Å²) < 4.78 is 6.59. The monoisotopic (exact) mass is 435 g/mol. The van der Waals surface area contributed by atoms with E-state index in [-0.39, 0.29) is 11.1 Å². The molecular weight excluding hydrogens is 394 g/mol. The van der Waals surface area contributed by atoms with Crippen LogP contribution >= 0.6 is 11.3 Å². The number of carbonyl (C=O) groups is 1. The SMILES string of the molecule is C=C(C)[C@H](C/C=C(/C)CCC[C@](C)(C=O)c1csc(C)n1)O[Si](C)(C)C(C)(C)C. The zero-order chi connectivity index (χ0) is 22.5. The average molecular weight is 436 g/mol. The van der Waals surface area contributed by atoms with Gasteiger partial charge in [-0.1, -0.05) is 44.6 Å². The summed E-state index contributed by atoms with van der Waals surface area (Å²) in [4.78, 5) is 16.3. The minimum Gasteiger partial charge on any atom is -0.410 e. The van der Waals surface area contributed by atoms with Gasteiger partial charge in [0.25, 0.3) is 0 Å². The molecule has 164 valence electrons. The van der Waals surface area contributed by atoms with Gasteiger partial charge in [-0.05, 0) is 71.5 Å². The van der Waals surface area contributed by atoms with Crippen molar-refractivity contribution >= 4 is 25.9 Å². The molecular formula is C24H41NO2SSi. The van der Waals surface area contributed by atoms with E-state index in [0.717, 1.165) is 48.2 Å². The molecule has 0 N–H and O–H groups in total. The number of aryl methyl sites for hydroxylation is 1. The predicted molar refractivity (Wildman–Crippen MR) is 129 cm³/mol. The van der Waals surface area contributed by atoms with Crippen molar-refractivity contribution in [1.29, 1.82) is 0 Å². The molecule has 1 aromatic heterocycles. The largest absolute Gasteiger partial charge is 0.410 e. The van der Waals surface area contributed by atoms with Crippen LogP contribution in [0.25, 0.3) is 0 Å². The van der Waals surface area contributed by atoms with Gasteiger partial charge in [-0.15, -0.1) is 11.3 Å². The van der Waals surface area contributed by atoms with Crippen LogP contribution in [0.15, 0.2) is 29.2 Å². The molecule has 0 aliphatic rings. The Morgan fingerprint density at radius 1 is 1.31 bits per heavy atom. The molecule has 5 heteroatoms. The van der Waals surface area contributed by atoms with E-state index in [1.807, 2.05) is 19.2 Å². The summed E-state index contributed by atoms with van der Waals surface area (Å²) in [6.45, 7) is 23.8. The van der Waals surface area contributed by atoms with E-state index in [1.165, 1.54) is 5.57 Å². The predicted octanol–water partition coefficient (Wildman–Crippen LogP) is 7.38. The molecule has 0 aliphatic heterocycles. The van der Waals surface area contributed by atoms with E-state index in [0.29, 0.717) is 0 Å². The Kier molecular flexibility index (Phi) is 9.25.